The Morgan fingerprint density at radius 2 is 1.59 bits per heavy atom. The number of urea groups is 1. The Labute approximate surface area is 132 Å². The van der Waals surface area contributed by atoms with Crippen LogP contribution >= 0.6 is 0 Å². The minimum absolute atomic E-state index is 0.0844. The Morgan fingerprint density at radius 3 is 2.14 bits per heavy atom. The molecule has 2 heterocycles. The van der Waals surface area contributed by atoms with E-state index in [1.165, 1.54) is 0 Å². The van der Waals surface area contributed by atoms with Gasteiger partial charge in [0.15, 0.2) is 0 Å². The molecule has 2 N–H and O–H groups in total. The fourth-order valence-electron chi connectivity index (χ4n) is 3.01. The summed E-state index contributed by atoms with van der Waals surface area (Å²) in [5.74, 6) is 0.633. The molecule has 0 saturated carbocycles. The summed E-state index contributed by atoms with van der Waals surface area (Å²) in [4.78, 5) is 25.9. The highest BCUT2D eigenvalue weighted by Gasteiger charge is 2.25. The fraction of sp³-hybridized carbons (Fsp3) is 0.875. The predicted octanol–water partition coefficient (Wildman–Crippen LogP) is 1.50. The molecule has 2 fully saturated rings. The second-order valence-corrected chi connectivity index (χ2v) is 6.76. The Kier molecular flexibility index (Phi) is 6.49. The Bertz CT molecular complexity index is 373. The van der Waals surface area contributed by atoms with Crippen molar-refractivity contribution >= 4 is 11.9 Å². The zero-order valence-electron chi connectivity index (χ0n) is 13.8. The molecule has 0 aromatic rings. The number of carbonyl (C=O) groups is 2. The van der Waals surface area contributed by atoms with Gasteiger partial charge in [-0.25, -0.2) is 4.79 Å². The first kappa shape index (κ1) is 17.1. The van der Waals surface area contributed by atoms with Crippen LogP contribution < -0.4 is 10.6 Å². The molecule has 2 saturated heterocycles. The van der Waals surface area contributed by atoms with Crippen LogP contribution in [0.4, 0.5) is 4.79 Å². The molecule has 2 aliphatic heterocycles. The van der Waals surface area contributed by atoms with Gasteiger partial charge in [-0.1, -0.05) is 13.8 Å². The SMILES string of the molecule is CC(C)CC(=O)N1CCC(NC(=O)NC2CCOCC2)CC1. The average Bonchev–Trinajstić information content (AvgIpc) is 2.48. The molecule has 0 aromatic carbocycles. The summed E-state index contributed by atoms with van der Waals surface area (Å²) in [5, 5.41) is 6.05. The van der Waals surface area contributed by atoms with Crippen molar-refractivity contribution < 1.29 is 14.3 Å². The molecule has 0 radical (unpaired) electrons. The molecule has 6 heteroatoms. The number of nitrogens with one attached hydrogen (secondary N) is 2. The number of nitrogens with zero attached hydrogens (tertiary/aromatic N) is 1. The van der Waals surface area contributed by atoms with E-state index in [1.807, 2.05) is 4.90 Å². The molecule has 3 amide bonds. The van der Waals surface area contributed by atoms with Gasteiger partial charge in [-0.15, -0.1) is 0 Å². The first-order valence-electron chi connectivity index (χ1n) is 8.47. The van der Waals surface area contributed by atoms with Crippen molar-refractivity contribution in [1.82, 2.24) is 15.5 Å². The van der Waals surface area contributed by atoms with Crippen molar-refractivity contribution in [2.75, 3.05) is 26.3 Å². The normalized spacial score (nSPS) is 21.0. The number of carbonyl (C=O) groups excluding carboxylic acids is 2. The van der Waals surface area contributed by atoms with E-state index in [1.54, 1.807) is 0 Å². The second kappa shape index (κ2) is 8.36. The third-order valence-electron chi connectivity index (χ3n) is 4.32. The molecule has 0 aromatic heterocycles. The van der Waals surface area contributed by atoms with Gasteiger partial charge in [-0.2, -0.15) is 0 Å². The zero-order valence-corrected chi connectivity index (χ0v) is 13.8. The molecule has 6 nitrogen and oxygen atoms in total. The van der Waals surface area contributed by atoms with E-state index >= 15 is 0 Å². The largest absolute Gasteiger partial charge is 0.381 e. The first-order chi connectivity index (χ1) is 10.5. The smallest absolute Gasteiger partial charge is 0.315 e. The monoisotopic (exact) mass is 311 g/mol. The van der Waals surface area contributed by atoms with Crippen molar-refractivity contribution in [3.05, 3.63) is 0 Å². The van der Waals surface area contributed by atoms with E-state index in [9.17, 15) is 9.59 Å². The van der Waals surface area contributed by atoms with Crippen molar-refractivity contribution in [1.29, 1.82) is 0 Å². The van der Waals surface area contributed by atoms with Gasteiger partial charge in [0.05, 0.1) is 0 Å². The number of amides is 3. The van der Waals surface area contributed by atoms with E-state index in [4.69, 9.17) is 4.74 Å². The lowest BCUT2D eigenvalue weighted by molar-refractivity contribution is -0.133. The van der Waals surface area contributed by atoms with Crippen LogP contribution in [0.25, 0.3) is 0 Å². The van der Waals surface area contributed by atoms with Crippen molar-refractivity contribution in [2.45, 2.75) is 58.0 Å². The number of ether oxygens (including phenoxy) is 1. The maximum absolute atomic E-state index is 12.0. The van der Waals surface area contributed by atoms with Crippen LogP contribution in [0.2, 0.25) is 0 Å². The van der Waals surface area contributed by atoms with Crippen LogP contribution in [0.1, 0.15) is 46.0 Å². The number of likely N-dealkylation sites (tertiary alicyclic amines) is 1. The molecule has 22 heavy (non-hydrogen) atoms. The predicted molar refractivity (Wildman–Crippen MR) is 84.6 cm³/mol. The number of rotatable bonds is 4. The molecule has 0 unspecified atom stereocenters. The highest BCUT2D eigenvalue weighted by atomic mass is 16.5. The molecule has 2 rings (SSSR count). The first-order valence-corrected chi connectivity index (χ1v) is 8.47. The van der Waals surface area contributed by atoms with Crippen LogP contribution in [0.5, 0.6) is 0 Å². The zero-order chi connectivity index (χ0) is 15.9. The Balaban J connectivity index is 1.66. The Morgan fingerprint density at radius 1 is 1.05 bits per heavy atom. The summed E-state index contributed by atoms with van der Waals surface area (Å²) in [5.41, 5.74) is 0. The average molecular weight is 311 g/mol. The molecule has 0 bridgehead atoms. The minimum atomic E-state index is -0.0844. The standard InChI is InChI=1S/C16H29N3O3/c1-12(2)11-15(20)19-7-3-13(4-8-19)17-16(21)18-14-5-9-22-10-6-14/h12-14H,3-11H2,1-2H3,(H2,17,18,21). The lowest BCUT2D eigenvalue weighted by atomic mass is 10.0. The maximum atomic E-state index is 12.0. The number of hydrogen-bond acceptors (Lipinski definition) is 3. The van der Waals surface area contributed by atoms with Crippen LogP contribution in [-0.2, 0) is 9.53 Å². The molecule has 0 spiro atoms. The second-order valence-electron chi connectivity index (χ2n) is 6.76. The van der Waals surface area contributed by atoms with E-state index in [2.05, 4.69) is 24.5 Å². The molecule has 0 atom stereocenters. The van der Waals surface area contributed by atoms with Crippen LogP contribution in [0.3, 0.4) is 0 Å². The number of piperidine rings is 1. The summed E-state index contributed by atoms with van der Waals surface area (Å²) in [6.45, 7) is 7.06. The third kappa shape index (κ3) is 5.48. The lowest BCUT2D eigenvalue weighted by Gasteiger charge is -2.33. The molecular formula is C16H29N3O3. The summed E-state index contributed by atoms with van der Waals surface area (Å²) in [7, 11) is 0. The lowest BCUT2D eigenvalue weighted by Crippen LogP contribution is -2.51. The summed E-state index contributed by atoms with van der Waals surface area (Å²) in [6, 6.07) is 0.309. The van der Waals surface area contributed by atoms with Gasteiger partial charge in [-0.3, -0.25) is 4.79 Å². The highest BCUT2D eigenvalue weighted by Crippen LogP contribution is 2.14. The molecule has 2 aliphatic rings. The summed E-state index contributed by atoms with van der Waals surface area (Å²) >= 11 is 0. The molecular weight excluding hydrogens is 282 g/mol. The minimum Gasteiger partial charge on any atom is -0.381 e. The van der Waals surface area contributed by atoms with Gasteiger partial charge in [0.25, 0.3) is 0 Å². The Hall–Kier alpha value is -1.30. The summed E-state index contributed by atoms with van der Waals surface area (Å²) < 4.78 is 5.28. The number of hydrogen-bond donors (Lipinski definition) is 2. The van der Waals surface area contributed by atoms with Gasteiger partial charge < -0.3 is 20.3 Å². The quantitative estimate of drug-likeness (QED) is 0.826. The maximum Gasteiger partial charge on any atom is 0.315 e. The van der Waals surface area contributed by atoms with Crippen molar-refractivity contribution in [3.8, 4) is 0 Å². The van der Waals surface area contributed by atoms with Crippen LogP contribution in [0, 0.1) is 5.92 Å². The van der Waals surface area contributed by atoms with Gasteiger partial charge in [-0.05, 0) is 31.6 Å². The van der Waals surface area contributed by atoms with Gasteiger partial charge in [0.1, 0.15) is 0 Å². The van der Waals surface area contributed by atoms with Gasteiger partial charge in [0.2, 0.25) is 5.91 Å². The van der Waals surface area contributed by atoms with Crippen molar-refractivity contribution in [2.24, 2.45) is 5.92 Å². The van der Waals surface area contributed by atoms with Gasteiger partial charge in [0, 0.05) is 44.8 Å². The fourth-order valence-corrected chi connectivity index (χ4v) is 3.01. The molecule has 0 aliphatic carbocycles. The van der Waals surface area contributed by atoms with E-state index in [0.29, 0.717) is 12.3 Å². The third-order valence-corrected chi connectivity index (χ3v) is 4.32. The summed E-state index contributed by atoms with van der Waals surface area (Å²) in [6.07, 6.45) is 4.06. The molecule has 126 valence electrons. The van der Waals surface area contributed by atoms with E-state index in [-0.39, 0.29) is 24.0 Å². The van der Waals surface area contributed by atoms with Gasteiger partial charge >= 0.3 is 6.03 Å². The van der Waals surface area contributed by atoms with E-state index in [0.717, 1.165) is 52.0 Å². The topological polar surface area (TPSA) is 70.7 Å². The van der Waals surface area contributed by atoms with E-state index < -0.39 is 0 Å². The van der Waals surface area contributed by atoms with Crippen molar-refractivity contribution in [3.63, 3.8) is 0 Å². The highest BCUT2D eigenvalue weighted by molar-refractivity contribution is 5.77. The van der Waals surface area contributed by atoms with Crippen LogP contribution in [0.15, 0.2) is 0 Å². The van der Waals surface area contributed by atoms with Crippen LogP contribution in [-0.4, -0.2) is 55.2 Å².